The second kappa shape index (κ2) is 22.0. The van der Waals surface area contributed by atoms with E-state index in [4.69, 9.17) is 38.4 Å². The van der Waals surface area contributed by atoms with Crippen LogP contribution in [0.4, 0.5) is 9.59 Å². The van der Waals surface area contributed by atoms with Gasteiger partial charge in [0.25, 0.3) is 0 Å². The van der Waals surface area contributed by atoms with Crippen molar-refractivity contribution < 1.29 is 47.6 Å². The first-order valence-electron chi connectivity index (χ1n) is 21.8. The summed E-state index contributed by atoms with van der Waals surface area (Å²) in [5, 5.41) is 5.40. The second-order valence-electron chi connectivity index (χ2n) is 16.6. The average Bonchev–Trinajstić information content (AvgIpc) is 4.14. The number of rotatable bonds is 19. The number of nitrogens with one attached hydrogen (secondary N) is 4. The second-order valence-corrected chi connectivity index (χ2v) is 16.6. The largest absolute Gasteiger partial charge is 0.491 e. The highest BCUT2D eigenvalue weighted by Gasteiger charge is 2.39. The number of likely N-dealkylation sites (tertiary alicyclic amines) is 2. The monoisotopic (exact) mass is 886 g/mol. The SMILES string of the molecule is COCCOc1cc(-c2cnc([C@@H]3CCCN3C(=O)[C@@H](NC(=O)OC)C(C)C)[nH]2)ccc1-c1ccc(-c2cnc([C@@H]3CCCN3C(=O)[C@@H](NC(=O)OC)C(C)C)[nH]2)cc1OCCOC. The van der Waals surface area contributed by atoms with Gasteiger partial charge in [0.05, 0.1) is 63.3 Å². The Morgan fingerprint density at radius 2 is 1.05 bits per heavy atom. The molecule has 0 saturated carbocycles. The molecule has 2 fully saturated rings. The van der Waals surface area contributed by atoms with Gasteiger partial charge in [-0.3, -0.25) is 9.59 Å². The molecule has 6 rings (SSSR count). The molecule has 18 nitrogen and oxygen atoms in total. The molecule has 4 aromatic rings. The van der Waals surface area contributed by atoms with Crippen LogP contribution in [0.1, 0.15) is 77.1 Å². The molecule has 18 heteroatoms. The summed E-state index contributed by atoms with van der Waals surface area (Å²) < 4.78 is 33.0. The van der Waals surface area contributed by atoms with Gasteiger partial charge in [0.15, 0.2) is 0 Å². The zero-order valence-electron chi connectivity index (χ0n) is 38.0. The predicted molar refractivity (Wildman–Crippen MR) is 237 cm³/mol. The van der Waals surface area contributed by atoms with E-state index in [-0.39, 0.29) is 35.7 Å². The lowest BCUT2D eigenvalue weighted by Gasteiger charge is -2.30. The lowest BCUT2D eigenvalue weighted by atomic mass is 9.98. The molecule has 64 heavy (non-hydrogen) atoms. The minimum atomic E-state index is -0.738. The Bertz CT molecular complexity index is 2070. The van der Waals surface area contributed by atoms with Crippen LogP contribution in [-0.2, 0) is 28.5 Å². The van der Waals surface area contributed by atoms with Gasteiger partial charge in [0.1, 0.15) is 48.4 Å². The van der Waals surface area contributed by atoms with E-state index in [0.29, 0.717) is 62.7 Å². The molecule has 4 amide bonds. The van der Waals surface area contributed by atoms with Crippen LogP contribution < -0.4 is 20.1 Å². The van der Waals surface area contributed by atoms with E-state index < -0.39 is 24.3 Å². The minimum Gasteiger partial charge on any atom is -0.491 e. The average molecular weight is 887 g/mol. The van der Waals surface area contributed by atoms with Crippen molar-refractivity contribution >= 4 is 24.0 Å². The normalized spacial score (nSPS) is 17.1. The van der Waals surface area contributed by atoms with Crippen LogP contribution in [0.5, 0.6) is 11.5 Å². The summed E-state index contributed by atoms with van der Waals surface area (Å²) in [5.41, 5.74) is 4.71. The Morgan fingerprint density at radius 1 is 0.641 bits per heavy atom. The topological polar surface area (TPSA) is 212 Å². The summed E-state index contributed by atoms with van der Waals surface area (Å²) >= 11 is 0. The number of H-pyrrole nitrogens is 2. The Morgan fingerprint density at radius 3 is 1.41 bits per heavy atom. The number of carbonyl (C=O) groups excluding carboxylic acids is 4. The smallest absolute Gasteiger partial charge is 0.407 e. The fourth-order valence-electron chi connectivity index (χ4n) is 8.22. The van der Waals surface area contributed by atoms with Crippen LogP contribution in [-0.4, -0.2) is 134 Å². The van der Waals surface area contributed by atoms with Gasteiger partial charge in [0.2, 0.25) is 11.8 Å². The number of amides is 4. The first kappa shape index (κ1) is 47.3. The van der Waals surface area contributed by atoms with Gasteiger partial charge >= 0.3 is 12.2 Å². The van der Waals surface area contributed by atoms with Crippen LogP contribution in [0.2, 0.25) is 0 Å². The van der Waals surface area contributed by atoms with Crippen molar-refractivity contribution in [3.05, 3.63) is 60.4 Å². The molecule has 0 radical (unpaired) electrons. The zero-order valence-corrected chi connectivity index (χ0v) is 38.0. The van der Waals surface area contributed by atoms with Crippen LogP contribution in [0.15, 0.2) is 48.8 Å². The number of aromatic nitrogens is 4. The highest BCUT2D eigenvalue weighted by atomic mass is 16.5. The third-order valence-corrected chi connectivity index (χ3v) is 11.6. The predicted octanol–water partition coefficient (Wildman–Crippen LogP) is 6.27. The maximum atomic E-state index is 13.8. The maximum Gasteiger partial charge on any atom is 0.407 e. The highest BCUT2D eigenvalue weighted by Crippen LogP contribution is 2.42. The third kappa shape index (κ3) is 11.0. The molecule has 4 heterocycles. The number of imidazole rings is 2. The molecule has 0 bridgehead atoms. The first-order chi connectivity index (χ1) is 30.9. The summed E-state index contributed by atoms with van der Waals surface area (Å²) in [6.07, 6.45) is 5.26. The van der Waals surface area contributed by atoms with Gasteiger partial charge in [-0.2, -0.15) is 0 Å². The van der Waals surface area contributed by atoms with Gasteiger partial charge in [0, 0.05) is 49.6 Å². The zero-order chi connectivity index (χ0) is 45.9. The number of aromatic amines is 2. The molecule has 2 saturated heterocycles. The van der Waals surface area contributed by atoms with E-state index in [9.17, 15) is 19.2 Å². The molecule has 4 N–H and O–H groups in total. The van der Waals surface area contributed by atoms with Crippen molar-refractivity contribution in [1.29, 1.82) is 0 Å². The Labute approximate surface area is 374 Å². The van der Waals surface area contributed by atoms with Crippen molar-refractivity contribution in [3.63, 3.8) is 0 Å². The third-order valence-electron chi connectivity index (χ3n) is 11.6. The Kier molecular flexibility index (Phi) is 16.3. The number of ether oxygens (including phenoxy) is 6. The Balaban J connectivity index is 1.28. The van der Waals surface area contributed by atoms with Crippen molar-refractivity contribution in [1.82, 2.24) is 40.4 Å². The van der Waals surface area contributed by atoms with Gasteiger partial charge in [-0.25, -0.2) is 19.6 Å². The van der Waals surface area contributed by atoms with Gasteiger partial charge < -0.3 is 58.8 Å². The lowest BCUT2D eigenvalue weighted by molar-refractivity contribution is -0.136. The van der Waals surface area contributed by atoms with E-state index in [1.165, 1.54) is 14.2 Å². The molecule has 4 atom stereocenters. The number of carbonyl (C=O) groups is 4. The highest BCUT2D eigenvalue weighted by molar-refractivity contribution is 5.87. The summed E-state index contributed by atoms with van der Waals surface area (Å²) in [6.45, 7) is 9.96. The Hall–Kier alpha value is -6.14. The summed E-state index contributed by atoms with van der Waals surface area (Å²) in [4.78, 5) is 71.6. The molecule has 0 unspecified atom stereocenters. The number of hydrogen-bond acceptors (Lipinski definition) is 12. The summed E-state index contributed by atoms with van der Waals surface area (Å²) in [7, 11) is 5.79. The molecule has 0 aliphatic carbocycles. The first-order valence-corrected chi connectivity index (χ1v) is 21.8. The molecule has 2 aromatic carbocycles. The van der Waals surface area contributed by atoms with Crippen molar-refractivity contribution in [3.8, 4) is 45.1 Å². The van der Waals surface area contributed by atoms with Crippen LogP contribution >= 0.6 is 0 Å². The fourth-order valence-corrected chi connectivity index (χ4v) is 8.22. The van der Waals surface area contributed by atoms with E-state index >= 15 is 0 Å². The molecule has 346 valence electrons. The van der Waals surface area contributed by atoms with E-state index in [1.807, 2.05) is 64.1 Å². The fraction of sp³-hybridized carbons (Fsp3) is 0.522. The molecule has 2 aromatic heterocycles. The van der Waals surface area contributed by atoms with Crippen LogP contribution in [0.25, 0.3) is 33.6 Å². The number of alkyl carbamates (subject to hydrolysis) is 2. The van der Waals surface area contributed by atoms with Gasteiger partial charge in [-0.15, -0.1) is 0 Å². The molecule has 0 spiro atoms. The number of nitrogens with zero attached hydrogens (tertiary/aromatic N) is 4. The van der Waals surface area contributed by atoms with Crippen LogP contribution in [0.3, 0.4) is 0 Å². The standard InChI is InChI=1S/C46H62N8O10/c1-27(2)39(51-45(57)61-7)43(55)53-17-9-11-35(53)41-47-25-33(49-41)29-13-15-31(37(23-29)63-21-19-59-5)32-16-14-30(24-38(32)64-22-20-60-6)34-26-48-42(50-34)36-12-10-18-54(36)44(56)40(28(3)4)52-46(58)62-8/h13-16,23-28,35-36,39-40H,9-12,17-22H2,1-8H3,(H,47,49)(H,48,50)(H,51,57)(H,52,58)/t35-,36-,39-,40-/m0/s1. The molecular formula is C46H62N8O10. The van der Waals surface area contributed by atoms with Crippen molar-refractivity contribution in [2.24, 2.45) is 11.8 Å². The van der Waals surface area contributed by atoms with Gasteiger partial charge in [-0.1, -0.05) is 39.8 Å². The van der Waals surface area contributed by atoms with Gasteiger partial charge in [-0.05, 0) is 61.8 Å². The van der Waals surface area contributed by atoms with E-state index in [2.05, 4.69) is 20.6 Å². The number of methoxy groups -OCH3 is 4. The maximum absolute atomic E-state index is 13.8. The minimum absolute atomic E-state index is 0.148. The summed E-state index contributed by atoms with van der Waals surface area (Å²) in [6, 6.07) is 9.76. The van der Waals surface area contributed by atoms with Crippen molar-refractivity contribution in [2.45, 2.75) is 77.5 Å². The molecule has 2 aliphatic rings. The van der Waals surface area contributed by atoms with E-state index in [0.717, 1.165) is 59.3 Å². The quantitative estimate of drug-likeness (QED) is 0.0768. The molecule has 2 aliphatic heterocycles. The van der Waals surface area contributed by atoms with Crippen molar-refractivity contribution in [2.75, 3.05) is 68.0 Å². The number of benzene rings is 2. The van der Waals surface area contributed by atoms with E-state index in [1.54, 1.807) is 36.4 Å². The lowest BCUT2D eigenvalue weighted by Crippen LogP contribution is -2.51. The van der Waals surface area contributed by atoms with Crippen LogP contribution in [0, 0.1) is 11.8 Å². The molecular weight excluding hydrogens is 825 g/mol. The summed E-state index contributed by atoms with van der Waals surface area (Å²) in [5.74, 6) is 1.84. The number of hydrogen-bond donors (Lipinski definition) is 4.